The molecule has 174 valence electrons. The van der Waals surface area contributed by atoms with Crippen LogP contribution in [0.2, 0.25) is 0 Å². The summed E-state index contributed by atoms with van der Waals surface area (Å²) in [5, 5.41) is 0. The smallest absolute Gasteiger partial charge is 0.254 e. The first-order chi connectivity index (χ1) is 15.8. The molecule has 0 saturated carbocycles. The van der Waals surface area contributed by atoms with E-state index in [0.717, 1.165) is 24.0 Å². The second-order valence-electron chi connectivity index (χ2n) is 9.07. The lowest BCUT2D eigenvalue weighted by Gasteiger charge is -2.35. The zero-order valence-electron chi connectivity index (χ0n) is 20.4. The second kappa shape index (κ2) is 11.1. The van der Waals surface area contributed by atoms with Crippen LogP contribution in [-0.4, -0.2) is 26.9 Å². The normalized spacial score (nSPS) is 12.1. The van der Waals surface area contributed by atoms with Crippen molar-refractivity contribution in [3.63, 3.8) is 0 Å². The van der Waals surface area contributed by atoms with Crippen LogP contribution >= 0.6 is 0 Å². The Balaban J connectivity index is 2.12. The Kier molecular flexibility index (Phi) is 8.21. The maximum absolute atomic E-state index is 13.7. The van der Waals surface area contributed by atoms with Crippen LogP contribution in [0.15, 0.2) is 65.5 Å². The highest BCUT2D eigenvalue weighted by Crippen LogP contribution is 2.29. The fraction of sp³-hybridized carbons (Fsp3) is 0.393. The molecule has 0 aliphatic carbocycles. The fourth-order valence-corrected chi connectivity index (χ4v) is 4.15. The summed E-state index contributed by atoms with van der Waals surface area (Å²) in [6, 6.07) is 18.9. The first kappa shape index (κ1) is 24.4. The molecule has 33 heavy (non-hydrogen) atoms. The minimum Gasteiger partial charge on any atom is -0.328 e. The maximum atomic E-state index is 13.7. The van der Waals surface area contributed by atoms with E-state index >= 15 is 0 Å². The van der Waals surface area contributed by atoms with Crippen molar-refractivity contribution >= 4 is 5.91 Å². The lowest BCUT2D eigenvalue weighted by Crippen LogP contribution is -2.42. The zero-order chi connectivity index (χ0) is 24.0. The molecule has 0 N–H and O–H groups in total. The average molecular weight is 446 g/mol. The van der Waals surface area contributed by atoms with Gasteiger partial charge in [0.15, 0.2) is 0 Å². The summed E-state index contributed by atoms with van der Waals surface area (Å²) in [4.78, 5) is 33.6. The van der Waals surface area contributed by atoms with Crippen molar-refractivity contribution in [1.29, 1.82) is 0 Å². The number of carbonyl (C=O) groups is 1. The lowest BCUT2D eigenvalue weighted by atomic mass is 9.98. The molecule has 5 heteroatoms. The van der Waals surface area contributed by atoms with E-state index in [1.54, 1.807) is 10.6 Å². The van der Waals surface area contributed by atoms with Crippen LogP contribution in [0.4, 0.5) is 0 Å². The highest BCUT2D eigenvalue weighted by Gasteiger charge is 2.32. The first-order valence-corrected chi connectivity index (χ1v) is 11.8. The van der Waals surface area contributed by atoms with E-state index in [2.05, 4.69) is 20.8 Å². The van der Waals surface area contributed by atoms with Gasteiger partial charge in [-0.05, 0) is 43.9 Å². The third-order valence-corrected chi connectivity index (χ3v) is 5.89. The quantitative estimate of drug-likeness (QED) is 0.434. The standard InChI is InChI=1S/C28H35N3O2/c1-6-7-17-30(28(33)24-15-13-21(4)14-16-24)26(20(2)3)27-29-22(5)18-25(32)31(27)19-23-11-9-8-10-12-23/h8-16,18,20,26H,6-7,17,19H2,1-5H3. The summed E-state index contributed by atoms with van der Waals surface area (Å²) in [7, 11) is 0. The third kappa shape index (κ3) is 5.98. The van der Waals surface area contributed by atoms with Crippen LogP contribution in [0.5, 0.6) is 0 Å². The number of aryl methyl sites for hydroxylation is 2. The fourth-order valence-electron chi connectivity index (χ4n) is 4.15. The number of amides is 1. The van der Waals surface area contributed by atoms with Gasteiger partial charge in [-0.3, -0.25) is 14.2 Å². The predicted molar refractivity (Wildman–Crippen MR) is 133 cm³/mol. The van der Waals surface area contributed by atoms with Crippen LogP contribution in [0.3, 0.4) is 0 Å². The molecule has 0 spiro atoms. The lowest BCUT2D eigenvalue weighted by molar-refractivity contribution is 0.0599. The number of hydrogen-bond donors (Lipinski definition) is 0. The number of carbonyl (C=O) groups excluding carboxylic acids is 1. The van der Waals surface area contributed by atoms with Gasteiger partial charge in [0.1, 0.15) is 5.82 Å². The van der Waals surface area contributed by atoms with E-state index in [1.165, 1.54) is 0 Å². The summed E-state index contributed by atoms with van der Waals surface area (Å²) in [6.07, 6.45) is 1.86. The van der Waals surface area contributed by atoms with Crippen LogP contribution in [0.25, 0.3) is 0 Å². The Morgan fingerprint density at radius 3 is 2.30 bits per heavy atom. The third-order valence-electron chi connectivity index (χ3n) is 5.89. The largest absolute Gasteiger partial charge is 0.328 e. The molecule has 1 atom stereocenters. The Labute approximate surface area is 197 Å². The molecule has 0 fully saturated rings. The van der Waals surface area contributed by atoms with Gasteiger partial charge in [0.05, 0.1) is 12.6 Å². The Bertz CT molecular complexity index is 1120. The van der Waals surface area contributed by atoms with E-state index in [1.807, 2.05) is 73.3 Å². The molecule has 1 heterocycles. The van der Waals surface area contributed by atoms with E-state index in [-0.39, 0.29) is 23.4 Å². The number of nitrogens with zero attached hydrogens (tertiary/aromatic N) is 3. The number of aromatic nitrogens is 2. The molecule has 5 nitrogen and oxygen atoms in total. The van der Waals surface area contributed by atoms with E-state index < -0.39 is 0 Å². The number of rotatable bonds is 9. The molecule has 3 rings (SSSR count). The van der Waals surface area contributed by atoms with Gasteiger partial charge in [0, 0.05) is 23.9 Å². The number of benzene rings is 2. The molecule has 1 amide bonds. The molecule has 0 bridgehead atoms. The van der Waals surface area contributed by atoms with Gasteiger partial charge in [0.25, 0.3) is 11.5 Å². The van der Waals surface area contributed by atoms with Crippen molar-refractivity contribution < 1.29 is 4.79 Å². The molecule has 1 unspecified atom stereocenters. The number of unbranched alkanes of at least 4 members (excludes halogenated alkanes) is 1. The Morgan fingerprint density at radius 1 is 1.03 bits per heavy atom. The second-order valence-corrected chi connectivity index (χ2v) is 9.07. The molecule has 0 aliphatic heterocycles. The van der Waals surface area contributed by atoms with Crippen molar-refractivity contribution in [1.82, 2.24) is 14.5 Å². The summed E-state index contributed by atoms with van der Waals surface area (Å²) in [5.74, 6) is 0.701. The van der Waals surface area contributed by atoms with Gasteiger partial charge in [-0.1, -0.05) is 75.2 Å². The van der Waals surface area contributed by atoms with Gasteiger partial charge >= 0.3 is 0 Å². The number of hydrogen-bond acceptors (Lipinski definition) is 3. The monoisotopic (exact) mass is 445 g/mol. The molecule has 0 radical (unpaired) electrons. The highest BCUT2D eigenvalue weighted by atomic mass is 16.2. The van der Waals surface area contributed by atoms with E-state index in [4.69, 9.17) is 4.98 Å². The summed E-state index contributed by atoms with van der Waals surface area (Å²) < 4.78 is 1.73. The van der Waals surface area contributed by atoms with Crippen molar-refractivity contribution in [2.75, 3.05) is 6.54 Å². The SMILES string of the molecule is CCCCN(C(=O)c1ccc(C)cc1)C(c1nc(C)cc(=O)n1Cc1ccccc1)C(C)C. The van der Waals surface area contributed by atoms with Crippen molar-refractivity contribution in [3.8, 4) is 0 Å². The molecule has 2 aromatic carbocycles. The summed E-state index contributed by atoms with van der Waals surface area (Å²) in [5.41, 5.74) is 3.38. The van der Waals surface area contributed by atoms with Crippen molar-refractivity contribution in [2.24, 2.45) is 5.92 Å². The Hall–Kier alpha value is -3.21. The van der Waals surface area contributed by atoms with Gasteiger partial charge < -0.3 is 4.90 Å². The van der Waals surface area contributed by atoms with Gasteiger partial charge in [-0.15, -0.1) is 0 Å². The molecule has 3 aromatic rings. The van der Waals surface area contributed by atoms with Crippen LogP contribution in [-0.2, 0) is 6.54 Å². The zero-order valence-corrected chi connectivity index (χ0v) is 20.4. The van der Waals surface area contributed by atoms with E-state index in [9.17, 15) is 9.59 Å². The maximum Gasteiger partial charge on any atom is 0.254 e. The minimum absolute atomic E-state index is 0.0239. The first-order valence-electron chi connectivity index (χ1n) is 11.8. The topological polar surface area (TPSA) is 55.2 Å². The van der Waals surface area contributed by atoms with Crippen LogP contribution < -0.4 is 5.56 Å². The molecular formula is C28H35N3O2. The molecular weight excluding hydrogens is 410 g/mol. The average Bonchev–Trinajstić information content (AvgIpc) is 2.79. The Morgan fingerprint density at radius 2 is 1.70 bits per heavy atom. The summed E-state index contributed by atoms with van der Waals surface area (Å²) >= 11 is 0. The molecule has 1 aromatic heterocycles. The minimum atomic E-state index is -0.318. The highest BCUT2D eigenvalue weighted by molar-refractivity contribution is 5.94. The summed E-state index contributed by atoms with van der Waals surface area (Å²) in [6.45, 7) is 11.2. The van der Waals surface area contributed by atoms with Gasteiger partial charge in [-0.25, -0.2) is 4.98 Å². The van der Waals surface area contributed by atoms with E-state index in [0.29, 0.717) is 30.2 Å². The van der Waals surface area contributed by atoms with Crippen molar-refractivity contribution in [3.05, 3.63) is 99.2 Å². The van der Waals surface area contributed by atoms with Crippen LogP contribution in [0, 0.1) is 19.8 Å². The van der Waals surface area contributed by atoms with Gasteiger partial charge in [0.2, 0.25) is 0 Å². The molecule has 0 aliphatic rings. The van der Waals surface area contributed by atoms with Crippen molar-refractivity contribution in [2.45, 2.75) is 60.0 Å². The predicted octanol–water partition coefficient (Wildman–Crippen LogP) is 5.55. The molecule has 0 saturated heterocycles. The van der Waals surface area contributed by atoms with Crippen LogP contribution in [0.1, 0.15) is 72.7 Å². The van der Waals surface area contributed by atoms with Gasteiger partial charge in [-0.2, -0.15) is 0 Å².